The first-order valence-electron chi connectivity index (χ1n) is 9.75. The maximum Gasteiger partial charge on any atom is 0.253 e. The third kappa shape index (κ3) is 3.34. The summed E-state index contributed by atoms with van der Waals surface area (Å²) in [4.78, 5) is 21.3. The van der Waals surface area contributed by atoms with Crippen LogP contribution in [0.2, 0.25) is 0 Å². The minimum absolute atomic E-state index is 0.0135. The van der Waals surface area contributed by atoms with Crippen LogP contribution in [0.15, 0.2) is 48.7 Å². The SMILES string of the molecule is N#Cc1cccnc1N1CC[C@@H](O)[C@]2(CCCN(C(=O)c3ccccc3)C2)C1. The minimum Gasteiger partial charge on any atom is -0.392 e. The van der Waals surface area contributed by atoms with Gasteiger partial charge in [0, 0.05) is 43.4 Å². The molecule has 0 aliphatic carbocycles. The van der Waals surface area contributed by atoms with Gasteiger partial charge in [0.2, 0.25) is 0 Å². The summed E-state index contributed by atoms with van der Waals surface area (Å²) < 4.78 is 0. The Kier molecular flexibility index (Phi) is 5.01. The zero-order valence-corrected chi connectivity index (χ0v) is 15.8. The lowest BCUT2D eigenvalue weighted by molar-refractivity contribution is -0.0362. The Morgan fingerprint density at radius 3 is 2.79 bits per heavy atom. The van der Waals surface area contributed by atoms with Gasteiger partial charge in [-0.25, -0.2) is 4.98 Å². The molecule has 6 nitrogen and oxygen atoms in total. The molecule has 2 aliphatic rings. The normalized spacial score (nSPS) is 24.8. The second kappa shape index (κ2) is 7.61. The molecule has 0 radical (unpaired) electrons. The smallest absolute Gasteiger partial charge is 0.253 e. The van der Waals surface area contributed by atoms with Gasteiger partial charge in [0.25, 0.3) is 5.91 Å². The number of aliphatic hydroxyl groups excluding tert-OH is 1. The predicted molar refractivity (Wildman–Crippen MR) is 106 cm³/mol. The number of pyridine rings is 1. The van der Waals surface area contributed by atoms with E-state index in [1.54, 1.807) is 18.3 Å². The van der Waals surface area contributed by atoms with Crippen molar-refractivity contribution in [1.29, 1.82) is 5.26 Å². The van der Waals surface area contributed by atoms with Crippen LogP contribution in [0.5, 0.6) is 0 Å². The van der Waals surface area contributed by atoms with Gasteiger partial charge in [-0.1, -0.05) is 18.2 Å². The number of benzene rings is 1. The Labute approximate surface area is 165 Å². The number of aliphatic hydroxyl groups is 1. The van der Waals surface area contributed by atoms with Gasteiger partial charge in [-0.3, -0.25) is 4.79 Å². The highest BCUT2D eigenvalue weighted by Crippen LogP contribution is 2.40. The van der Waals surface area contributed by atoms with Gasteiger partial charge < -0.3 is 14.9 Å². The van der Waals surface area contributed by atoms with Crippen molar-refractivity contribution in [3.8, 4) is 6.07 Å². The Bertz CT molecular complexity index is 895. The van der Waals surface area contributed by atoms with E-state index in [0.717, 1.165) is 12.8 Å². The molecule has 1 N–H and O–H groups in total. The standard InChI is InChI=1S/C22H24N4O2/c23-14-18-8-4-11-24-20(18)25-13-9-19(27)22(15-25)10-5-12-26(16-22)21(28)17-6-2-1-3-7-17/h1-4,6-8,11,19,27H,5,9-10,12-13,15-16H2/t19-,22-/m1/s1. The summed E-state index contributed by atoms with van der Waals surface area (Å²) in [7, 11) is 0. The van der Waals surface area contributed by atoms with E-state index in [2.05, 4.69) is 16.0 Å². The number of hydrogen-bond acceptors (Lipinski definition) is 5. The van der Waals surface area contributed by atoms with Crippen LogP contribution >= 0.6 is 0 Å². The average molecular weight is 376 g/mol. The molecule has 1 aromatic heterocycles. The zero-order valence-electron chi connectivity index (χ0n) is 15.8. The minimum atomic E-state index is -0.468. The molecule has 4 rings (SSSR count). The van der Waals surface area contributed by atoms with Gasteiger partial charge in [-0.2, -0.15) is 5.26 Å². The topological polar surface area (TPSA) is 80.5 Å². The Hall–Kier alpha value is -2.91. The summed E-state index contributed by atoms with van der Waals surface area (Å²) in [5.74, 6) is 0.683. The van der Waals surface area contributed by atoms with Gasteiger partial charge in [0.15, 0.2) is 0 Å². The van der Waals surface area contributed by atoms with Crippen LogP contribution in [0, 0.1) is 16.7 Å². The van der Waals surface area contributed by atoms with E-state index >= 15 is 0 Å². The van der Waals surface area contributed by atoms with Gasteiger partial charge in [-0.15, -0.1) is 0 Å². The number of likely N-dealkylation sites (tertiary alicyclic amines) is 1. The molecule has 1 amide bonds. The summed E-state index contributed by atoms with van der Waals surface area (Å²) in [6, 6.07) is 15.1. The van der Waals surface area contributed by atoms with E-state index in [0.29, 0.717) is 49.5 Å². The number of carbonyl (C=O) groups is 1. The van der Waals surface area contributed by atoms with E-state index in [1.165, 1.54) is 0 Å². The number of carbonyl (C=O) groups excluding carboxylic acids is 1. The highest BCUT2D eigenvalue weighted by molar-refractivity contribution is 5.94. The molecule has 2 fully saturated rings. The van der Waals surface area contributed by atoms with Crippen molar-refractivity contribution >= 4 is 11.7 Å². The van der Waals surface area contributed by atoms with Gasteiger partial charge >= 0.3 is 0 Å². The molecule has 1 spiro atoms. The number of anilines is 1. The number of nitrogens with zero attached hydrogens (tertiary/aromatic N) is 4. The molecule has 2 atom stereocenters. The Morgan fingerprint density at radius 1 is 1.18 bits per heavy atom. The van der Waals surface area contributed by atoms with Gasteiger partial charge in [-0.05, 0) is 43.5 Å². The fraction of sp³-hybridized carbons (Fsp3) is 0.409. The zero-order chi connectivity index (χ0) is 19.6. The Morgan fingerprint density at radius 2 is 2.00 bits per heavy atom. The third-order valence-electron chi connectivity index (χ3n) is 6.01. The number of nitriles is 1. The Balaban J connectivity index is 1.58. The lowest BCUT2D eigenvalue weighted by atomic mass is 9.71. The fourth-order valence-corrected chi connectivity index (χ4v) is 4.56. The first-order chi connectivity index (χ1) is 13.6. The second-order valence-corrected chi connectivity index (χ2v) is 7.77. The fourth-order valence-electron chi connectivity index (χ4n) is 4.56. The molecule has 1 aromatic carbocycles. The summed E-state index contributed by atoms with van der Waals surface area (Å²) in [5, 5.41) is 20.3. The van der Waals surface area contributed by atoms with Crippen molar-refractivity contribution in [3.05, 3.63) is 59.8 Å². The van der Waals surface area contributed by atoms with E-state index in [4.69, 9.17) is 0 Å². The number of piperidine rings is 2. The van der Waals surface area contributed by atoms with Crippen LogP contribution in [0.1, 0.15) is 35.2 Å². The molecule has 0 unspecified atom stereocenters. The van der Waals surface area contributed by atoms with Crippen LogP contribution in [0.3, 0.4) is 0 Å². The molecule has 0 bridgehead atoms. The molecule has 2 aliphatic heterocycles. The maximum atomic E-state index is 13.0. The highest BCUT2D eigenvalue weighted by atomic mass is 16.3. The van der Waals surface area contributed by atoms with E-state index in [1.807, 2.05) is 35.2 Å². The number of rotatable bonds is 2. The summed E-state index contributed by atoms with van der Waals surface area (Å²) in [6.45, 7) is 2.47. The maximum absolute atomic E-state index is 13.0. The number of hydrogen-bond donors (Lipinski definition) is 1. The summed E-state index contributed by atoms with van der Waals surface area (Å²) in [6.07, 6.45) is 3.55. The molecular weight excluding hydrogens is 352 g/mol. The second-order valence-electron chi connectivity index (χ2n) is 7.77. The number of amides is 1. The quantitative estimate of drug-likeness (QED) is 0.871. The summed E-state index contributed by atoms with van der Waals surface area (Å²) >= 11 is 0. The van der Waals surface area contributed by atoms with E-state index < -0.39 is 11.5 Å². The first-order valence-corrected chi connectivity index (χ1v) is 9.75. The van der Waals surface area contributed by atoms with Gasteiger partial charge in [0.05, 0.1) is 11.7 Å². The largest absolute Gasteiger partial charge is 0.392 e. The molecule has 144 valence electrons. The van der Waals surface area contributed by atoms with Crippen molar-refractivity contribution in [3.63, 3.8) is 0 Å². The molecule has 0 saturated carbocycles. The van der Waals surface area contributed by atoms with Crippen molar-refractivity contribution in [2.45, 2.75) is 25.4 Å². The average Bonchev–Trinajstić information content (AvgIpc) is 2.76. The van der Waals surface area contributed by atoms with Crippen LogP contribution in [-0.2, 0) is 0 Å². The van der Waals surface area contributed by atoms with Crippen LogP contribution in [0.25, 0.3) is 0 Å². The van der Waals surface area contributed by atoms with E-state index in [-0.39, 0.29) is 5.91 Å². The lowest BCUT2D eigenvalue weighted by Crippen LogP contribution is -2.60. The first kappa shape index (κ1) is 18.5. The molecular formula is C22H24N4O2. The van der Waals surface area contributed by atoms with Crippen molar-refractivity contribution < 1.29 is 9.90 Å². The molecule has 2 aromatic rings. The summed E-state index contributed by atoms with van der Waals surface area (Å²) in [5.41, 5.74) is 0.825. The lowest BCUT2D eigenvalue weighted by Gasteiger charge is -2.51. The molecule has 3 heterocycles. The van der Waals surface area contributed by atoms with Crippen molar-refractivity contribution in [2.75, 3.05) is 31.1 Å². The number of aromatic nitrogens is 1. The van der Waals surface area contributed by atoms with Crippen molar-refractivity contribution in [1.82, 2.24) is 9.88 Å². The van der Waals surface area contributed by atoms with Gasteiger partial charge in [0.1, 0.15) is 11.9 Å². The molecule has 6 heteroatoms. The van der Waals surface area contributed by atoms with Crippen LogP contribution in [0.4, 0.5) is 5.82 Å². The molecule has 2 saturated heterocycles. The van der Waals surface area contributed by atoms with Crippen LogP contribution in [-0.4, -0.2) is 53.2 Å². The van der Waals surface area contributed by atoms with Crippen molar-refractivity contribution in [2.24, 2.45) is 5.41 Å². The third-order valence-corrected chi connectivity index (χ3v) is 6.01. The monoisotopic (exact) mass is 376 g/mol. The van der Waals surface area contributed by atoms with Crippen LogP contribution < -0.4 is 4.90 Å². The molecule has 28 heavy (non-hydrogen) atoms. The highest BCUT2D eigenvalue weighted by Gasteiger charge is 2.47. The predicted octanol–water partition coefficient (Wildman–Crippen LogP) is 2.45. The van der Waals surface area contributed by atoms with E-state index in [9.17, 15) is 15.2 Å².